The summed E-state index contributed by atoms with van der Waals surface area (Å²) in [5.74, 6) is -1.56. The van der Waals surface area contributed by atoms with E-state index in [4.69, 9.17) is 10.5 Å². The van der Waals surface area contributed by atoms with Crippen molar-refractivity contribution >= 4 is 11.9 Å². The molecule has 1 atom stereocenters. The van der Waals surface area contributed by atoms with Crippen molar-refractivity contribution in [2.45, 2.75) is 30.8 Å². The van der Waals surface area contributed by atoms with Gasteiger partial charge >= 0.3 is 5.97 Å². The minimum absolute atomic E-state index is 0.133. The fraction of sp³-hybridized carbons (Fsp3) is 0.583. The lowest BCUT2D eigenvalue weighted by atomic mass is 9.90. The summed E-state index contributed by atoms with van der Waals surface area (Å²) in [6.07, 6.45) is 3.88. The molecular formula is C12H18N4O4. The summed E-state index contributed by atoms with van der Waals surface area (Å²) in [7, 11) is 0. The highest BCUT2D eigenvalue weighted by atomic mass is 16.5. The Morgan fingerprint density at radius 2 is 2.25 bits per heavy atom. The summed E-state index contributed by atoms with van der Waals surface area (Å²) in [6, 6.07) is -1.04. The molecule has 1 unspecified atom stereocenters. The minimum Gasteiger partial charge on any atom is -0.480 e. The van der Waals surface area contributed by atoms with E-state index in [0.29, 0.717) is 31.7 Å². The molecule has 1 aromatic heterocycles. The van der Waals surface area contributed by atoms with Crippen molar-refractivity contribution in [1.29, 1.82) is 0 Å². The van der Waals surface area contributed by atoms with Gasteiger partial charge in [-0.15, -0.1) is 0 Å². The molecule has 1 aromatic rings. The number of carboxylic acids is 1. The second-order valence-electron chi connectivity index (χ2n) is 4.91. The first-order valence-corrected chi connectivity index (χ1v) is 6.39. The lowest BCUT2D eigenvalue weighted by Crippen LogP contribution is -2.60. The lowest BCUT2D eigenvalue weighted by molar-refractivity contribution is -0.143. The number of imidazole rings is 1. The number of hydrogen-bond donors (Lipinski definition) is 4. The minimum atomic E-state index is -1.11. The first kappa shape index (κ1) is 14.5. The van der Waals surface area contributed by atoms with Gasteiger partial charge in [-0.05, 0) is 12.8 Å². The van der Waals surface area contributed by atoms with Crippen LogP contribution in [0.15, 0.2) is 12.5 Å². The van der Waals surface area contributed by atoms with Gasteiger partial charge in [0.25, 0.3) is 0 Å². The molecule has 0 bridgehead atoms. The number of carboxylic acid groups (broad SMARTS) is 1. The summed E-state index contributed by atoms with van der Waals surface area (Å²) in [5, 5.41) is 11.7. The van der Waals surface area contributed by atoms with E-state index >= 15 is 0 Å². The Morgan fingerprint density at radius 3 is 2.80 bits per heavy atom. The largest absolute Gasteiger partial charge is 0.480 e. The molecule has 0 spiro atoms. The van der Waals surface area contributed by atoms with Gasteiger partial charge in [-0.25, -0.2) is 9.78 Å². The van der Waals surface area contributed by atoms with Gasteiger partial charge in [0, 0.05) is 31.5 Å². The molecule has 20 heavy (non-hydrogen) atoms. The molecule has 110 valence electrons. The Morgan fingerprint density at radius 1 is 1.55 bits per heavy atom. The van der Waals surface area contributed by atoms with E-state index in [1.54, 1.807) is 0 Å². The van der Waals surface area contributed by atoms with Crippen molar-refractivity contribution < 1.29 is 19.4 Å². The summed E-state index contributed by atoms with van der Waals surface area (Å²) in [6.45, 7) is 0.810. The van der Waals surface area contributed by atoms with Gasteiger partial charge in [-0.3, -0.25) is 4.79 Å². The highest BCUT2D eigenvalue weighted by Crippen LogP contribution is 2.18. The third-order valence-corrected chi connectivity index (χ3v) is 3.42. The van der Waals surface area contributed by atoms with E-state index in [2.05, 4.69) is 15.3 Å². The molecule has 0 aliphatic carbocycles. The van der Waals surface area contributed by atoms with E-state index in [-0.39, 0.29) is 6.42 Å². The zero-order valence-electron chi connectivity index (χ0n) is 11.0. The van der Waals surface area contributed by atoms with E-state index in [9.17, 15) is 14.7 Å². The third-order valence-electron chi connectivity index (χ3n) is 3.42. The molecule has 1 aliphatic rings. The van der Waals surface area contributed by atoms with Crippen LogP contribution in [0.5, 0.6) is 0 Å². The van der Waals surface area contributed by atoms with E-state index in [1.807, 2.05) is 0 Å². The maximum absolute atomic E-state index is 12.2. The van der Waals surface area contributed by atoms with Crippen LogP contribution in [0.1, 0.15) is 18.5 Å². The molecule has 0 saturated carbocycles. The molecule has 1 aliphatic heterocycles. The number of carbonyl (C=O) groups is 2. The predicted octanol–water partition coefficient (Wildman–Crippen LogP) is -0.970. The number of nitrogens with zero attached hydrogens (tertiary/aromatic N) is 1. The van der Waals surface area contributed by atoms with Crippen molar-refractivity contribution in [2.24, 2.45) is 5.73 Å². The number of aliphatic carboxylic acids is 1. The van der Waals surface area contributed by atoms with Gasteiger partial charge in [-0.2, -0.15) is 0 Å². The van der Waals surface area contributed by atoms with Gasteiger partial charge in [0.1, 0.15) is 6.04 Å². The molecule has 1 amide bonds. The fourth-order valence-electron chi connectivity index (χ4n) is 2.08. The summed E-state index contributed by atoms with van der Waals surface area (Å²) >= 11 is 0. The van der Waals surface area contributed by atoms with Crippen LogP contribution in [0.3, 0.4) is 0 Å². The number of amides is 1. The van der Waals surface area contributed by atoms with Gasteiger partial charge < -0.3 is 25.9 Å². The number of carbonyl (C=O) groups excluding carboxylic acids is 1. The summed E-state index contributed by atoms with van der Waals surface area (Å²) < 4.78 is 5.16. The first-order chi connectivity index (χ1) is 9.51. The number of ether oxygens (including phenoxy) is 1. The van der Waals surface area contributed by atoms with Crippen LogP contribution in [0.4, 0.5) is 0 Å². The molecular weight excluding hydrogens is 264 g/mol. The maximum Gasteiger partial charge on any atom is 0.326 e. The molecule has 8 nitrogen and oxygen atoms in total. The van der Waals surface area contributed by atoms with E-state index in [0.717, 1.165) is 0 Å². The summed E-state index contributed by atoms with van der Waals surface area (Å²) in [5.41, 5.74) is 5.60. The Labute approximate surface area is 115 Å². The normalized spacial score (nSPS) is 19.2. The van der Waals surface area contributed by atoms with Crippen LogP contribution in [-0.4, -0.2) is 51.7 Å². The quantitative estimate of drug-likeness (QED) is 0.549. The number of hydrogen-bond acceptors (Lipinski definition) is 5. The van der Waals surface area contributed by atoms with Gasteiger partial charge in [0.2, 0.25) is 5.91 Å². The zero-order chi connectivity index (χ0) is 14.6. The van der Waals surface area contributed by atoms with Crippen molar-refractivity contribution in [3.63, 3.8) is 0 Å². The predicted molar refractivity (Wildman–Crippen MR) is 68.8 cm³/mol. The second kappa shape index (κ2) is 6.02. The second-order valence-corrected chi connectivity index (χ2v) is 4.91. The molecule has 2 heterocycles. The number of aromatic nitrogens is 2. The van der Waals surface area contributed by atoms with Crippen LogP contribution < -0.4 is 11.1 Å². The van der Waals surface area contributed by atoms with Crippen molar-refractivity contribution in [3.8, 4) is 0 Å². The number of H-pyrrole nitrogens is 1. The van der Waals surface area contributed by atoms with Crippen LogP contribution >= 0.6 is 0 Å². The monoisotopic (exact) mass is 282 g/mol. The standard InChI is InChI=1S/C12H18N4O4/c13-12(1-3-20-4-2-12)11(19)16-9(10(17)18)5-8-6-14-7-15-8/h6-7,9H,1-5,13H2,(H,14,15)(H,16,19)(H,17,18). The van der Waals surface area contributed by atoms with Crippen LogP contribution in [0, 0.1) is 0 Å². The Balaban J connectivity index is 2.00. The summed E-state index contributed by atoms with van der Waals surface area (Å²) in [4.78, 5) is 30.0. The molecule has 5 N–H and O–H groups in total. The van der Waals surface area contributed by atoms with Crippen LogP contribution in [-0.2, 0) is 20.7 Å². The van der Waals surface area contributed by atoms with Gasteiger partial charge in [0.15, 0.2) is 0 Å². The smallest absolute Gasteiger partial charge is 0.326 e. The highest BCUT2D eigenvalue weighted by molar-refractivity contribution is 5.90. The highest BCUT2D eigenvalue weighted by Gasteiger charge is 2.37. The maximum atomic E-state index is 12.2. The van der Waals surface area contributed by atoms with Crippen LogP contribution in [0.25, 0.3) is 0 Å². The first-order valence-electron chi connectivity index (χ1n) is 6.39. The molecule has 0 radical (unpaired) electrons. The Hall–Kier alpha value is -1.93. The topological polar surface area (TPSA) is 130 Å². The van der Waals surface area contributed by atoms with Crippen molar-refractivity contribution in [3.05, 3.63) is 18.2 Å². The van der Waals surface area contributed by atoms with E-state index in [1.165, 1.54) is 12.5 Å². The zero-order valence-corrected chi connectivity index (χ0v) is 11.0. The molecule has 1 saturated heterocycles. The van der Waals surface area contributed by atoms with E-state index < -0.39 is 23.5 Å². The number of rotatable bonds is 5. The molecule has 8 heteroatoms. The molecule has 0 aromatic carbocycles. The number of aromatic amines is 1. The van der Waals surface area contributed by atoms with Gasteiger partial charge in [0.05, 0.1) is 11.9 Å². The number of nitrogens with two attached hydrogens (primary N) is 1. The fourth-order valence-corrected chi connectivity index (χ4v) is 2.08. The SMILES string of the molecule is NC1(C(=O)NC(Cc2cnc[nH]2)C(=O)O)CCOCC1. The average molecular weight is 282 g/mol. The lowest BCUT2D eigenvalue weighted by Gasteiger charge is -2.32. The Kier molecular flexibility index (Phi) is 4.35. The third kappa shape index (κ3) is 3.34. The van der Waals surface area contributed by atoms with Crippen molar-refractivity contribution in [1.82, 2.24) is 15.3 Å². The Bertz CT molecular complexity index is 468. The molecule has 2 rings (SSSR count). The molecule has 1 fully saturated rings. The van der Waals surface area contributed by atoms with Gasteiger partial charge in [-0.1, -0.05) is 0 Å². The van der Waals surface area contributed by atoms with Crippen LogP contribution in [0.2, 0.25) is 0 Å². The number of nitrogens with one attached hydrogen (secondary N) is 2. The van der Waals surface area contributed by atoms with Crippen molar-refractivity contribution in [2.75, 3.05) is 13.2 Å². The average Bonchev–Trinajstić information content (AvgIpc) is 2.91.